The molecule has 0 N–H and O–H groups in total. The number of nitrogens with zero attached hydrogens (tertiary/aromatic N) is 3. The predicted molar refractivity (Wildman–Crippen MR) is 72.7 cm³/mol. The van der Waals surface area contributed by atoms with Gasteiger partial charge in [0.05, 0.1) is 10.5 Å². The van der Waals surface area contributed by atoms with Gasteiger partial charge >= 0.3 is 0 Å². The number of nitriles is 1. The van der Waals surface area contributed by atoms with Gasteiger partial charge in [-0.2, -0.15) is 22.3 Å². The fourth-order valence-electron chi connectivity index (χ4n) is 1.37. The summed E-state index contributed by atoms with van der Waals surface area (Å²) >= 11 is 3.04. The summed E-state index contributed by atoms with van der Waals surface area (Å²) in [6.07, 6.45) is 0. The van der Waals surface area contributed by atoms with Gasteiger partial charge < -0.3 is 0 Å². The van der Waals surface area contributed by atoms with Crippen LogP contribution in [0.1, 0.15) is 5.56 Å². The number of benzene rings is 1. The smallest absolute Gasteiger partial charge is 0.206 e. The van der Waals surface area contributed by atoms with Crippen LogP contribution in [-0.2, 0) is 16.8 Å². The molecule has 0 radical (unpaired) electrons. The molecule has 0 saturated carbocycles. The molecule has 0 saturated heterocycles. The van der Waals surface area contributed by atoms with E-state index in [1.54, 1.807) is 0 Å². The van der Waals surface area contributed by atoms with Crippen LogP contribution in [0, 0.1) is 17.1 Å². The molecule has 104 valence electrons. The van der Waals surface area contributed by atoms with Gasteiger partial charge in [-0.05, 0) is 33.6 Å². The highest BCUT2D eigenvalue weighted by molar-refractivity contribution is 9.10. The number of rotatable bonds is 5. The van der Waals surface area contributed by atoms with Gasteiger partial charge in [-0.3, -0.25) is 0 Å². The lowest BCUT2D eigenvalue weighted by atomic mass is 10.2. The quantitative estimate of drug-likeness (QED) is 0.760. The van der Waals surface area contributed by atoms with E-state index in [0.717, 1.165) is 8.61 Å². The van der Waals surface area contributed by atoms with E-state index in [-0.39, 0.29) is 17.6 Å². The third-order valence-electron chi connectivity index (χ3n) is 2.38. The largest absolute Gasteiger partial charge is 0.282 e. The third kappa shape index (κ3) is 3.98. The van der Waals surface area contributed by atoms with Crippen molar-refractivity contribution in [2.45, 2.75) is 6.54 Å². The van der Waals surface area contributed by atoms with Crippen molar-refractivity contribution in [2.75, 3.05) is 20.6 Å². The Balaban J connectivity index is 3.03. The lowest BCUT2D eigenvalue weighted by Crippen LogP contribution is -2.39. The first-order valence-corrected chi connectivity index (χ1v) is 7.46. The van der Waals surface area contributed by atoms with Crippen molar-refractivity contribution in [2.24, 2.45) is 0 Å². The van der Waals surface area contributed by atoms with Gasteiger partial charge in [0.1, 0.15) is 12.4 Å². The lowest BCUT2D eigenvalue weighted by molar-refractivity contribution is 0.395. The molecule has 0 aromatic heterocycles. The molecular weight excluding hydrogens is 337 g/mol. The van der Waals surface area contributed by atoms with Crippen molar-refractivity contribution >= 4 is 26.1 Å². The predicted octanol–water partition coefficient (Wildman–Crippen LogP) is 1.72. The maximum Gasteiger partial charge on any atom is 0.282 e. The minimum absolute atomic E-state index is 0.00690. The van der Waals surface area contributed by atoms with Crippen molar-refractivity contribution in [3.05, 3.63) is 34.1 Å². The second-order valence-corrected chi connectivity index (χ2v) is 6.96. The van der Waals surface area contributed by atoms with Crippen LogP contribution in [0.5, 0.6) is 0 Å². The lowest BCUT2D eigenvalue weighted by Gasteiger charge is -2.23. The van der Waals surface area contributed by atoms with Gasteiger partial charge in [-0.15, -0.1) is 0 Å². The van der Waals surface area contributed by atoms with Crippen molar-refractivity contribution in [1.29, 1.82) is 5.26 Å². The second kappa shape index (κ2) is 6.43. The Hall–Kier alpha value is -1.01. The molecule has 0 aliphatic carbocycles. The van der Waals surface area contributed by atoms with Crippen LogP contribution < -0.4 is 0 Å². The van der Waals surface area contributed by atoms with Crippen LogP contribution in [0.15, 0.2) is 22.7 Å². The summed E-state index contributed by atoms with van der Waals surface area (Å²) < 4.78 is 39.4. The number of halogens is 2. The van der Waals surface area contributed by atoms with Crippen molar-refractivity contribution < 1.29 is 12.8 Å². The van der Waals surface area contributed by atoms with E-state index >= 15 is 0 Å². The highest BCUT2D eigenvalue weighted by Crippen LogP contribution is 2.19. The van der Waals surface area contributed by atoms with E-state index in [0.29, 0.717) is 5.56 Å². The Labute approximate surface area is 120 Å². The van der Waals surface area contributed by atoms with Crippen LogP contribution in [0.2, 0.25) is 0 Å². The second-order valence-electron chi connectivity index (χ2n) is 3.96. The Morgan fingerprint density at radius 2 is 2.05 bits per heavy atom. The van der Waals surface area contributed by atoms with Crippen LogP contribution in [-0.4, -0.2) is 37.7 Å². The zero-order valence-electron chi connectivity index (χ0n) is 10.5. The standard InChI is InChI=1S/C11H13BrFN3O2S/c1-15(2)19(17,18)16(6-5-14)8-9-3-4-11(13)10(12)7-9/h3-4,7H,6,8H2,1-2H3. The average molecular weight is 350 g/mol. The molecular formula is C11H13BrFN3O2S. The van der Waals surface area contributed by atoms with Gasteiger partial charge in [0.25, 0.3) is 10.2 Å². The molecule has 0 spiro atoms. The fraction of sp³-hybridized carbons (Fsp3) is 0.364. The molecule has 0 atom stereocenters. The van der Waals surface area contributed by atoms with Gasteiger partial charge in [-0.1, -0.05) is 6.07 Å². The maximum atomic E-state index is 13.1. The van der Waals surface area contributed by atoms with Crippen LogP contribution in [0.25, 0.3) is 0 Å². The minimum Gasteiger partial charge on any atom is -0.206 e. The van der Waals surface area contributed by atoms with Gasteiger partial charge in [0.2, 0.25) is 0 Å². The molecule has 1 rings (SSSR count). The zero-order chi connectivity index (χ0) is 14.6. The molecule has 1 aromatic carbocycles. The third-order valence-corrected chi connectivity index (χ3v) is 4.82. The molecule has 0 heterocycles. The summed E-state index contributed by atoms with van der Waals surface area (Å²) in [7, 11) is -0.909. The Bertz CT molecular complexity index is 598. The number of hydrogen-bond donors (Lipinski definition) is 0. The first-order valence-electron chi connectivity index (χ1n) is 5.27. The van der Waals surface area contributed by atoms with Crippen LogP contribution in [0.4, 0.5) is 4.39 Å². The molecule has 1 aromatic rings. The summed E-state index contributed by atoms with van der Waals surface area (Å²) in [6, 6.07) is 6.02. The van der Waals surface area contributed by atoms with Gasteiger partial charge in [-0.25, -0.2) is 4.39 Å². The number of hydrogen-bond acceptors (Lipinski definition) is 3. The SMILES string of the molecule is CN(C)S(=O)(=O)N(CC#N)Cc1ccc(F)c(Br)c1. The average Bonchev–Trinajstić information content (AvgIpc) is 2.33. The molecule has 19 heavy (non-hydrogen) atoms. The maximum absolute atomic E-state index is 13.1. The molecule has 0 amide bonds. The molecule has 5 nitrogen and oxygen atoms in total. The Kier molecular flexibility index (Phi) is 5.43. The normalized spacial score (nSPS) is 11.8. The van der Waals surface area contributed by atoms with E-state index in [2.05, 4.69) is 15.9 Å². The van der Waals surface area contributed by atoms with E-state index in [4.69, 9.17) is 5.26 Å². The summed E-state index contributed by atoms with van der Waals surface area (Å²) in [5.41, 5.74) is 0.592. The van der Waals surface area contributed by atoms with Crippen molar-refractivity contribution in [3.63, 3.8) is 0 Å². The van der Waals surface area contributed by atoms with Gasteiger partial charge in [0, 0.05) is 20.6 Å². The molecule has 0 fully saturated rings. The van der Waals surface area contributed by atoms with Crippen LogP contribution in [0.3, 0.4) is 0 Å². The highest BCUT2D eigenvalue weighted by Gasteiger charge is 2.24. The van der Waals surface area contributed by atoms with E-state index in [1.165, 1.54) is 32.3 Å². The summed E-state index contributed by atoms with van der Waals surface area (Å²) in [5, 5.41) is 8.71. The van der Waals surface area contributed by atoms with Crippen LogP contribution >= 0.6 is 15.9 Å². The van der Waals surface area contributed by atoms with Crippen molar-refractivity contribution in [1.82, 2.24) is 8.61 Å². The van der Waals surface area contributed by atoms with Crippen molar-refractivity contribution in [3.8, 4) is 6.07 Å². The molecule has 0 aliphatic heterocycles. The molecule has 8 heteroatoms. The molecule has 0 aliphatic rings. The van der Waals surface area contributed by atoms with E-state index < -0.39 is 16.0 Å². The molecule has 0 bridgehead atoms. The van der Waals surface area contributed by atoms with E-state index in [1.807, 2.05) is 6.07 Å². The van der Waals surface area contributed by atoms with Gasteiger partial charge in [0.15, 0.2) is 0 Å². The minimum atomic E-state index is -3.69. The summed E-state index contributed by atoms with van der Waals surface area (Å²) in [5.74, 6) is -0.425. The highest BCUT2D eigenvalue weighted by atomic mass is 79.9. The Morgan fingerprint density at radius 1 is 1.42 bits per heavy atom. The fourth-order valence-corrected chi connectivity index (χ4v) is 2.79. The monoisotopic (exact) mass is 349 g/mol. The Morgan fingerprint density at radius 3 is 2.53 bits per heavy atom. The first kappa shape index (κ1) is 16.0. The first-order chi connectivity index (χ1) is 8.78. The molecule has 0 unspecified atom stereocenters. The topological polar surface area (TPSA) is 64.4 Å². The summed E-state index contributed by atoms with van der Waals surface area (Å²) in [4.78, 5) is 0. The zero-order valence-corrected chi connectivity index (χ0v) is 12.9. The summed E-state index contributed by atoms with van der Waals surface area (Å²) in [6.45, 7) is -0.261. The van der Waals surface area contributed by atoms with E-state index in [9.17, 15) is 12.8 Å².